The van der Waals surface area contributed by atoms with E-state index in [4.69, 9.17) is 0 Å². The third-order valence-corrected chi connectivity index (χ3v) is 4.19. The van der Waals surface area contributed by atoms with Crippen LogP contribution in [0.15, 0.2) is 28.7 Å². The lowest BCUT2D eigenvalue weighted by Gasteiger charge is -2.35. The number of carboxylic acid groups (broad SMARTS) is 1. The molecule has 0 aromatic heterocycles. The summed E-state index contributed by atoms with van der Waals surface area (Å²) >= 11 is 3.37. The molecule has 18 heavy (non-hydrogen) atoms. The van der Waals surface area contributed by atoms with Crippen LogP contribution < -0.4 is 5.32 Å². The van der Waals surface area contributed by atoms with Crippen LogP contribution >= 0.6 is 15.9 Å². The fraction of sp³-hybridized carbons (Fsp3) is 0.500. The molecule has 0 amide bonds. The number of benzene rings is 1. The Morgan fingerprint density at radius 3 is 2.50 bits per heavy atom. The Morgan fingerprint density at radius 2 is 2.06 bits per heavy atom. The molecule has 0 heterocycles. The minimum Gasteiger partial charge on any atom is -0.480 e. The quantitative estimate of drug-likeness (QED) is 0.867. The lowest BCUT2D eigenvalue weighted by Crippen LogP contribution is -2.45. The second kappa shape index (κ2) is 5.31. The van der Waals surface area contributed by atoms with Gasteiger partial charge >= 0.3 is 5.97 Å². The van der Waals surface area contributed by atoms with Crippen LogP contribution in [0, 0.1) is 5.92 Å². The van der Waals surface area contributed by atoms with E-state index in [1.165, 1.54) is 6.42 Å². The molecule has 0 bridgehead atoms. The van der Waals surface area contributed by atoms with Crippen molar-refractivity contribution >= 4 is 27.6 Å². The van der Waals surface area contributed by atoms with E-state index in [0.717, 1.165) is 23.0 Å². The Morgan fingerprint density at radius 1 is 1.44 bits per heavy atom. The zero-order valence-electron chi connectivity index (χ0n) is 10.4. The van der Waals surface area contributed by atoms with Crippen LogP contribution in [0.1, 0.15) is 32.6 Å². The molecular formula is C14H18BrNO2. The predicted octanol–water partition coefficient (Wildman–Crippen LogP) is 3.89. The fourth-order valence-electron chi connectivity index (χ4n) is 2.32. The van der Waals surface area contributed by atoms with Gasteiger partial charge in [0.15, 0.2) is 0 Å². The molecule has 1 fully saturated rings. The number of hydrogen-bond donors (Lipinski definition) is 2. The number of anilines is 1. The van der Waals surface area contributed by atoms with Gasteiger partial charge in [0.05, 0.1) is 0 Å². The summed E-state index contributed by atoms with van der Waals surface area (Å²) in [7, 11) is 0. The second-order valence-corrected chi connectivity index (χ2v) is 6.19. The summed E-state index contributed by atoms with van der Waals surface area (Å²) in [6, 6.07) is 7.61. The zero-order valence-corrected chi connectivity index (χ0v) is 12.0. The van der Waals surface area contributed by atoms with Crippen LogP contribution in [-0.2, 0) is 4.79 Å². The van der Waals surface area contributed by atoms with E-state index in [2.05, 4.69) is 21.2 Å². The SMILES string of the molecule is CC(CC1CCC1)(Nc1ccc(Br)cc1)C(=O)O. The molecule has 1 saturated carbocycles. The predicted molar refractivity (Wildman–Crippen MR) is 75.8 cm³/mol. The van der Waals surface area contributed by atoms with E-state index in [0.29, 0.717) is 12.3 Å². The van der Waals surface area contributed by atoms with E-state index >= 15 is 0 Å². The highest BCUT2D eigenvalue weighted by atomic mass is 79.9. The maximum Gasteiger partial charge on any atom is 0.329 e. The molecule has 2 rings (SSSR count). The van der Waals surface area contributed by atoms with Crippen molar-refractivity contribution in [3.63, 3.8) is 0 Å². The van der Waals surface area contributed by atoms with E-state index < -0.39 is 11.5 Å². The van der Waals surface area contributed by atoms with E-state index in [1.807, 2.05) is 24.3 Å². The third kappa shape index (κ3) is 3.05. The maximum absolute atomic E-state index is 11.5. The van der Waals surface area contributed by atoms with Crippen LogP contribution in [0.3, 0.4) is 0 Å². The van der Waals surface area contributed by atoms with Gasteiger partial charge in [-0.25, -0.2) is 4.79 Å². The maximum atomic E-state index is 11.5. The molecule has 1 aliphatic carbocycles. The van der Waals surface area contributed by atoms with Crippen LogP contribution in [-0.4, -0.2) is 16.6 Å². The van der Waals surface area contributed by atoms with Crippen molar-refractivity contribution in [1.82, 2.24) is 0 Å². The van der Waals surface area contributed by atoms with Gasteiger partial charge in [0.25, 0.3) is 0 Å². The molecule has 1 aromatic rings. The van der Waals surface area contributed by atoms with Crippen molar-refractivity contribution in [3.05, 3.63) is 28.7 Å². The Balaban J connectivity index is 2.09. The molecule has 3 nitrogen and oxygen atoms in total. The van der Waals surface area contributed by atoms with Gasteiger partial charge < -0.3 is 10.4 Å². The van der Waals surface area contributed by atoms with Crippen molar-refractivity contribution in [2.24, 2.45) is 5.92 Å². The van der Waals surface area contributed by atoms with E-state index in [9.17, 15) is 9.90 Å². The average molecular weight is 312 g/mol. The number of carboxylic acids is 1. The molecule has 1 atom stereocenters. The lowest BCUT2D eigenvalue weighted by atomic mass is 9.76. The minimum absolute atomic E-state index is 0.550. The number of halogens is 1. The molecule has 1 aliphatic rings. The van der Waals surface area contributed by atoms with Gasteiger partial charge in [0.2, 0.25) is 0 Å². The van der Waals surface area contributed by atoms with Crippen LogP contribution in [0.25, 0.3) is 0 Å². The monoisotopic (exact) mass is 311 g/mol. The second-order valence-electron chi connectivity index (χ2n) is 5.27. The van der Waals surface area contributed by atoms with Crippen LogP contribution in [0.2, 0.25) is 0 Å². The van der Waals surface area contributed by atoms with Crippen molar-refractivity contribution < 1.29 is 9.90 Å². The number of rotatable bonds is 5. The first kappa shape index (κ1) is 13.4. The van der Waals surface area contributed by atoms with E-state index in [-0.39, 0.29) is 0 Å². The van der Waals surface area contributed by atoms with E-state index in [1.54, 1.807) is 6.92 Å². The highest BCUT2D eigenvalue weighted by Gasteiger charge is 2.37. The molecule has 0 aliphatic heterocycles. The smallest absolute Gasteiger partial charge is 0.329 e. The molecule has 0 saturated heterocycles. The Hall–Kier alpha value is -1.03. The van der Waals surface area contributed by atoms with Crippen LogP contribution in [0.4, 0.5) is 5.69 Å². The summed E-state index contributed by atoms with van der Waals surface area (Å²) in [6.45, 7) is 1.77. The van der Waals surface area contributed by atoms with Gasteiger partial charge in [-0.2, -0.15) is 0 Å². The molecule has 2 N–H and O–H groups in total. The number of carbonyl (C=O) groups is 1. The number of nitrogens with one attached hydrogen (secondary N) is 1. The molecule has 1 unspecified atom stereocenters. The van der Waals surface area contributed by atoms with Gasteiger partial charge in [-0.15, -0.1) is 0 Å². The molecule has 4 heteroatoms. The first-order chi connectivity index (χ1) is 8.49. The highest BCUT2D eigenvalue weighted by Crippen LogP contribution is 2.35. The van der Waals surface area contributed by atoms with Crippen molar-refractivity contribution in [1.29, 1.82) is 0 Å². The number of aliphatic carboxylic acids is 1. The number of hydrogen-bond acceptors (Lipinski definition) is 2. The Kier molecular flexibility index (Phi) is 3.95. The molecule has 0 radical (unpaired) electrons. The Labute approximate surface area is 116 Å². The van der Waals surface area contributed by atoms with Gasteiger partial charge in [-0.05, 0) is 43.5 Å². The lowest BCUT2D eigenvalue weighted by molar-refractivity contribution is -0.142. The molecule has 1 aromatic carbocycles. The summed E-state index contributed by atoms with van der Waals surface area (Å²) in [5.41, 5.74) is -0.0266. The Bertz CT molecular complexity index is 428. The standard InChI is InChI=1S/C14H18BrNO2/c1-14(13(17)18,9-10-3-2-4-10)16-12-7-5-11(15)6-8-12/h5-8,10,16H,2-4,9H2,1H3,(H,17,18). The molecule has 98 valence electrons. The van der Waals surface area contributed by atoms with Crippen LogP contribution in [0.5, 0.6) is 0 Å². The van der Waals surface area contributed by atoms with Gasteiger partial charge in [0, 0.05) is 10.2 Å². The summed E-state index contributed by atoms with van der Waals surface area (Å²) in [5.74, 6) is -0.230. The summed E-state index contributed by atoms with van der Waals surface area (Å²) in [4.78, 5) is 11.5. The van der Waals surface area contributed by atoms with Crippen molar-refractivity contribution in [2.75, 3.05) is 5.32 Å². The molecular weight excluding hydrogens is 294 g/mol. The van der Waals surface area contributed by atoms with Crippen molar-refractivity contribution in [3.8, 4) is 0 Å². The first-order valence-electron chi connectivity index (χ1n) is 6.27. The third-order valence-electron chi connectivity index (χ3n) is 3.66. The van der Waals surface area contributed by atoms with Crippen molar-refractivity contribution in [2.45, 2.75) is 38.1 Å². The normalized spacial score (nSPS) is 18.8. The summed E-state index contributed by atoms with van der Waals surface area (Å²) < 4.78 is 0.990. The fourth-order valence-corrected chi connectivity index (χ4v) is 2.58. The topological polar surface area (TPSA) is 49.3 Å². The summed E-state index contributed by atoms with van der Waals surface area (Å²) in [5, 5.41) is 12.6. The largest absolute Gasteiger partial charge is 0.480 e. The average Bonchev–Trinajstić information content (AvgIpc) is 2.27. The highest BCUT2D eigenvalue weighted by molar-refractivity contribution is 9.10. The van der Waals surface area contributed by atoms with Gasteiger partial charge in [-0.1, -0.05) is 35.2 Å². The van der Waals surface area contributed by atoms with Gasteiger partial charge in [-0.3, -0.25) is 0 Å². The van der Waals surface area contributed by atoms with Gasteiger partial charge in [0.1, 0.15) is 5.54 Å². The minimum atomic E-state index is -0.876. The molecule has 0 spiro atoms. The first-order valence-corrected chi connectivity index (χ1v) is 7.06. The zero-order chi connectivity index (χ0) is 13.2. The summed E-state index contributed by atoms with van der Waals surface area (Å²) in [6.07, 6.45) is 4.24.